The highest BCUT2D eigenvalue weighted by molar-refractivity contribution is 7.90. The molecule has 140 valence electrons. The maximum atomic E-state index is 14.1. The van der Waals surface area contributed by atoms with E-state index in [0.717, 1.165) is 24.4 Å². The van der Waals surface area contributed by atoms with Gasteiger partial charge in [-0.1, -0.05) is 24.6 Å². The maximum Gasteiger partial charge on any atom is 0.227 e. The first kappa shape index (κ1) is 17.7. The van der Waals surface area contributed by atoms with Crippen LogP contribution in [0.4, 0.5) is 4.39 Å². The highest BCUT2D eigenvalue weighted by Crippen LogP contribution is 2.36. The minimum absolute atomic E-state index is 0.0120. The fourth-order valence-corrected chi connectivity index (χ4v) is 5.25. The van der Waals surface area contributed by atoms with Gasteiger partial charge in [0.25, 0.3) is 0 Å². The Morgan fingerprint density at radius 1 is 1.23 bits per heavy atom. The van der Waals surface area contributed by atoms with E-state index < -0.39 is 9.84 Å². The Morgan fingerprint density at radius 2 is 2.04 bits per heavy atom. The van der Waals surface area contributed by atoms with Crippen molar-refractivity contribution in [2.45, 2.75) is 50.0 Å². The van der Waals surface area contributed by atoms with Gasteiger partial charge >= 0.3 is 0 Å². The first-order chi connectivity index (χ1) is 12.4. The molecule has 0 amide bonds. The molecule has 2 fully saturated rings. The van der Waals surface area contributed by atoms with Crippen molar-refractivity contribution < 1.29 is 12.8 Å². The largest absolute Gasteiger partial charge is 0.313 e. The molecule has 0 unspecified atom stereocenters. The molecule has 4 rings (SSSR count). The predicted octanol–water partition coefficient (Wildman–Crippen LogP) is 2.85. The molecule has 5 nitrogen and oxygen atoms in total. The summed E-state index contributed by atoms with van der Waals surface area (Å²) < 4.78 is 40.1. The molecule has 1 aliphatic carbocycles. The highest BCUT2D eigenvalue weighted by Gasteiger charge is 2.35. The van der Waals surface area contributed by atoms with Crippen LogP contribution in [-0.4, -0.2) is 41.7 Å². The van der Waals surface area contributed by atoms with E-state index in [4.69, 9.17) is 0 Å². The molecule has 2 aromatic rings. The fourth-order valence-electron chi connectivity index (χ4n) is 4.42. The van der Waals surface area contributed by atoms with E-state index in [9.17, 15) is 12.8 Å². The van der Waals surface area contributed by atoms with Crippen LogP contribution in [0.5, 0.6) is 0 Å². The second-order valence-electron chi connectivity index (χ2n) is 7.60. The number of likely N-dealkylation sites (tertiary alicyclic amines) is 1. The Labute approximate surface area is 153 Å². The van der Waals surface area contributed by atoms with Gasteiger partial charge in [0.05, 0.1) is 18.4 Å². The first-order valence-electron chi connectivity index (χ1n) is 9.13. The van der Waals surface area contributed by atoms with Crippen LogP contribution in [-0.2, 0) is 22.9 Å². The molecular formula is C19H24FN3O2S. The minimum atomic E-state index is -3.49. The molecular weight excluding hydrogens is 353 g/mol. The zero-order chi connectivity index (χ0) is 18.3. The van der Waals surface area contributed by atoms with Crippen molar-refractivity contribution >= 4 is 9.84 Å². The van der Waals surface area contributed by atoms with Gasteiger partial charge in [0.15, 0.2) is 0 Å². The number of benzene rings is 1. The Morgan fingerprint density at radius 3 is 2.77 bits per heavy atom. The topological polar surface area (TPSA) is 55.2 Å². The van der Waals surface area contributed by atoms with E-state index in [-0.39, 0.29) is 17.5 Å². The van der Waals surface area contributed by atoms with Gasteiger partial charge in [0.2, 0.25) is 15.0 Å². The smallest absolute Gasteiger partial charge is 0.227 e. The zero-order valence-corrected chi connectivity index (χ0v) is 15.8. The second kappa shape index (κ2) is 6.78. The van der Waals surface area contributed by atoms with Crippen LogP contribution in [0.15, 0.2) is 35.6 Å². The van der Waals surface area contributed by atoms with E-state index >= 15 is 0 Å². The van der Waals surface area contributed by atoms with Gasteiger partial charge in [-0.15, -0.1) is 0 Å². The van der Waals surface area contributed by atoms with Crippen molar-refractivity contribution in [1.82, 2.24) is 14.5 Å². The molecule has 0 spiro atoms. The lowest BCUT2D eigenvalue weighted by atomic mass is 9.90. The van der Waals surface area contributed by atoms with Gasteiger partial charge in [0.1, 0.15) is 5.82 Å². The lowest BCUT2D eigenvalue weighted by Gasteiger charge is -2.25. The standard InChI is InChI=1S/C19H24FN3O2S/c1-26(24,25)19-21-10-17(13-22-11-14-5-4-7-16(22)9-14)23(19)12-15-6-2-3-8-18(15)20/h2-3,6,8,10,14,16H,4-5,7,9,11-13H2,1H3/t14-,16+/m0/s1. The average Bonchev–Trinajstić information content (AvgIpc) is 3.11. The Balaban J connectivity index is 1.66. The molecule has 2 aliphatic rings. The molecule has 26 heavy (non-hydrogen) atoms. The number of nitrogens with zero attached hydrogens (tertiary/aromatic N) is 3. The molecule has 2 atom stereocenters. The number of sulfone groups is 1. The summed E-state index contributed by atoms with van der Waals surface area (Å²) in [6, 6.07) is 7.06. The van der Waals surface area contributed by atoms with E-state index in [1.807, 2.05) is 0 Å². The summed E-state index contributed by atoms with van der Waals surface area (Å²) in [5.74, 6) is 0.426. The number of rotatable bonds is 5. The predicted molar refractivity (Wildman–Crippen MR) is 97.0 cm³/mol. The number of imidazole rings is 1. The van der Waals surface area contributed by atoms with Crippen LogP contribution in [0.1, 0.15) is 36.9 Å². The van der Waals surface area contributed by atoms with Crippen LogP contribution < -0.4 is 0 Å². The summed E-state index contributed by atoms with van der Waals surface area (Å²) in [6.07, 6.45) is 7.79. The van der Waals surface area contributed by atoms with Gasteiger partial charge in [-0.2, -0.15) is 0 Å². The van der Waals surface area contributed by atoms with Gasteiger partial charge < -0.3 is 4.57 Å². The average molecular weight is 377 g/mol. The number of halogens is 1. The summed E-state index contributed by atoms with van der Waals surface area (Å²) in [6.45, 7) is 1.90. The minimum Gasteiger partial charge on any atom is -0.313 e. The lowest BCUT2D eigenvalue weighted by molar-refractivity contribution is 0.231. The Kier molecular flexibility index (Phi) is 4.61. The van der Waals surface area contributed by atoms with Crippen molar-refractivity contribution in [3.63, 3.8) is 0 Å². The monoisotopic (exact) mass is 377 g/mol. The van der Waals surface area contributed by atoms with Crippen LogP contribution in [0.2, 0.25) is 0 Å². The van der Waals surface area contributed by atoms with Crippen LogP contribution in [0.25, 0.3) is 0 Å². The summed E-state index contributed by atoms with van der Waals surface area (Å²) >= 11 is 0. The molecule has 1 aliphatic heterocycles. The Hall–Kier alpha value is -1.73. The van der Waals surface area contributed by atoms with Crippen molar-refractivity contribution in [3.05, 3.63) is 47.5 Å². The quantitative estimate of drug-likeness (QED) is 0.804. The first-order valence-corrected chi connectivity index (χ1v) is 11.0. The number of hydrogen-bond donors (Lipinski definition) is 0. The van der Waals surface area contributed by atoms with Gasteiger partial charge in [0, 0.05) is 31.0 Å². The lowest BCUT2D eigenvalue weighted by Crippen LogP contribution is -2.29. The summed E-state index contributed by atoms with van der Waals surface area (Å²) in [4.78, 5) is 6.61. The molecule has 2 heterocycles. The van der Waals surface area contributed by atoms with Gasteiger partial charge in [-0.05, 0) is 31.2 Å². The van der Waals surface area contributed by atoms with Crippen molar-refractivity contribution in [3.8, 4) is 0 Å². The second-order valence-corrected chi connectivity index (χ2v) is 9.51. The van der Waals surface area contributed by atoms with E-state index in [0.29, 0.717) is 18.2 Å². The third-order valence-electron chi connectivity index (χ3n) is 5.65. The van der Waals surface area contributed by atoms with Crippen molar-refractivity contribution in [2.75, 3.05) is 12.8 Å². The zero-order valence-electron chi connectivity index (χ0n) is 14.9. The third-order valence-corrected chi connectivity index (χ3v) is 6.64. The van der Waals surface area contributed by atoms with Crippen LogP contribution in [0, 0.1) is 11.7 Å². The molecule has 0 radical (unpaired) electrons. The summed E-state index contributed by atoms with van der Waals surface area (Å²) in [5.41, 5.74) is 1.30. The number of hydrogen-bond acceptors (Lipinski definition) is 4. The SMILES string of the molecule is CS(=O)(=O)c1ncc(CN2C[C@H]3CCC[C@@H]2C3)n1Cc1ccccc1F. The van der Waals surface area contributed by atoms with Crippen LogP contribution in [0.3, 0.4) is 0 Å². The van der Waals surface area contributed by atoms with E-state index in [1.165, 1.54) is 31.7 Å². The molecule has 1 aromatic carbocycles. The molecule has 1 aromatic heterocycles. The highest BCUT2D eigenvalue weighted by atomic mass is 32.2. The fraction of sp³-hybridized carbons (Fsp3) is 0.526. The van der Waals surface area contributed by atoms with Crippen LogP contribution >= 0.6 is 0 Å². The molecule has 1 saturated carbocycles. The van der Waals surface area contributed by atoms with Crippen molar-refractivity contribution in [1.29, 1.82) is 0 Å². The normalized spacial score (nSPS) is 23.5. The number of fused-ring (bicyclic) bond motifs is 2. The van der Waals surface area contributed by atoms with Gasteiger partial charge in [-0.25, -0.2) is 17.8 Å². The maximum absolute atomic E-state index is 14.1. The van der Waals surface area contributed by atoms with Gasteiger partial charge in [-0.3, -0.25) is 4.90 Å². The number of aromatic nitrogens is 2. The summed E-state index contributed by atoms with van der Waals surface area (Å²) in [5, 5.41) is 0.0120. The molecule has 0 N–H and O–H groups in total. The van der Waals surface area contributed by atoms with E-state index in [1.54, 1.807) is 29.0 Å². The molecule has 7 heteroatoms. The van der Waals surface area contributed by atoms with E-state index in [2.05, 4.69) is 9.88 Å². The summed E-state index contributed by atoms with van der Waals surface area (Å²) in [7, 11) is -3.49. The van der Waals surface area contributed by atoms with Crippen molar-refractivity contribution in [2.24, 2.45) is 5.92 Å². The molecule has 2 bridgehead atoms. The molecule has 1 saturated heterocycles. The Bertz CT molecular complexity index is 909. The third kappa shape index (κ3) is 3.42.